The van der Waals surface area contributed by atoms with Crippen molar-refractivity contribution in [1.82, 2.24) is 10.2 Å². The van der Waals surface area contributed by atoms with Crippen LogP contribution in [0.15, 0.2) is 0 Å². The Morgan fingerprint density at radius 2 is 1.85 bits per heavy atom. The molecule has 1 heterocycles. The number of nitrogens with one attached hydrogen (secondary N) is 1. The molecule has 1 aliphatic heterocycles. The van der Waals surface area contributed by atoms with Crippen LogP contribution in [0.3, 0.4) is 0 Å². The van der Waals surface area contributed by atoms with E-state index in [0.717, 1.165) is 19.3 Å². The molecule has 1 fully saturated rings. The highest BCUT2D eigenvalue weighted by Gasteiger charge is 2.47. The van der Waals surface area contributed by atoms with Crippen LogP contribution in [0.5, 0.6) is 0 Å². The molecule has 4 heteroatoms. The van der Waals surface area contributed by atoms with Crippen LogP contribution in [-0.4, -0.2) is 34.8 Å². The molecule has 0 spiro atoms. The van der Waals surface area contributed by atoms with Crippen LogP contribution in [0.4, 0.5) is 0 Å². The van der Waals surface area contributed by atoms with Gasteiger partial charge in [-0.1, -0.05) is 40.5 Å². The highest BCUT2D eigenvalue weighted by molar-refractivity contribution is 5.99. The molecular formula is C16H30N2O2. The first-order chi connectivity index (χ1) is 9.25. The van der Waals surface area contributed by atoms with Crippen molar-refractivity contribution in [2.75, 3.05) is 6.54 Å². The molecule has 20 heavy (non-hydrogen) atoms. The minimum absolute atomic E-state index is 0.0360. The fourth-order valence-corrected chi connectivity index (χ4v) is 2.78. The second kappa shape index (κ2) is 6.59. The number of rotatable bonds is 6. The number of piperazine rings is 1. The summed E-state index contributed by atoms with van der Waals surface area (Å²) in [6.07, 6.45) is 3.07. The zero-order chi connectivity index (χ0) is 15.5. The summed E-state index contributed by atoms with van der Waals surface area (Å²) >= 11 is 0. The van der Waals surface area contributed by atoms with Crippen molar-refractivity contribution in [3.63, 3.8) is 0 Å². The van der Waals surface area contributed by atoms with Crippen LogP contribution < -0.4 is 5.32 Å². The maximum absolute atomic E-state index is 12.7. The van der Waals surface area contributed by atoms with E-state index in [-0.39, 0.29) is 23.8 Å². The van der Waals surface area contributed by atoms with Gasteiger partial charge in [-0.3, -0.25) is 9.59 Å². The number of amides is 2. The molecule has 3 atom stereocenters. The zero-order valence-electron chi connectivity index (χ0n) is 13.8. The molecule has 2 amide bonds. The number of hydrogen-bond donors (Lipinski definition) is 1. The van der Waals surface area contributed by atoms with E-state index in [9.17, 15) is 9.59 Å². The average Bonchev–Trinajstić information content (AvgIpc) is 2.39. The van der Waals surface area contributed by atoms with Gasteiger partial charge in [0.05, 0.1) is 0 Å². The largest absolute Gasteiger partial charge is 0.342 e. The van der Waals surface area contributed by atoms with Gasteiger partial charge in [-0.05, 0) is 32.1 Å². The molecule has 0 aromatic rings. The summed E-state index contributed by atoms with van der Waals surface area (Å²) in [5.41, 5.74) is -0.747. The van der Waals surface area contributed by atoms with E-state index in [1.807, 2.05) is 27.7 Å². The molecule has 1 rings (SSSR count). The van der Waals surface area contributed by atoms with Gasteiger partial charge in [0.25, 0.3) is 0 Å². The monoisotopic (exact) mass is 282 g/mol. The van der Waals surface area contributed by atoms with Crippen molar-refractivity contribution >= 4 is 11.8 Å². The summed E-state index contributed by atoms with van der Waals surface area (Å²) in [4.78, 5) is 26.9. The van der Waals surface area contributed by atoms with Gasteiger partial charge in [0.2, 0.25) is 11.8 Å². The van der Waals surface area contributed by atoms with E-state index in [4.69, 9.17) is 0 Å². The molecule has 1 aliphatic rings. The maximum atomic E-state index is 12.7. The molecule has 0 radical (unpaired) electrons. The van der Waals surface area contributed by atoms with Crippen molar-refractivity contribution in [1.29, 1.82) is 0 Å². The van der Waals surface area contributed by atoms with Gasteiger partial charge in [-0.15, -0.1) is 0 Å². The molecule has 4 nitrogen and oxygen atoms in total. The smallest absolute Gasteiger partial charge is 0.246 e. The van der Waals surface area contributed by atoms with E-state index >= 15 is 0 Å². The summed E-state index contributed by atoms with van der Waals surface area (Å²) in [6, 6.07) is -0.366. The molecule has 116 valence electrons. The van der Waals surface area contributed by atoms with E-state index in [0.29, 0.717) is 12.5 Å². The van der Waals surface area contributed by atoms with Crippen molar-refractivity contribution in [2.45, 2.75) is 72.4 Å². The lowest BCUT2D eigenvalue weighted by molar-refractivity contribution is -0.157. The second-order valence-corrected chi connectivity index (χ2v) is 6.74. The summed E-state index contributed by atoms with van der Waals surface area (Å²) in [6.45, 7) is 12.7. The maximum Gasteiger partial charge on any atom is 0.246 e. The molecule has 0 saturated carbocycles. The highest BCUT2D eigenvalue weighted by Crippen LogP contribution is 2.26. The normalized spacial score (nSPS) is 25.3. The summed E-state index contributed by atoms with van der Waals surface area (Å²) in [7, 11) is 0. The molecular weight excluding hydrogens is 252 g/mol. The fourth-order valence-electron chi connectivity index (χ4n) is 2.78. The van der Waals surface area contributed by atoms with Crippen molar-refractivity contribution in [2.24, 2.45) is 11.8 Å². The number of nitrogens with zero attached hydrogens (tertiary/aromatic N) is 1. The zero-order valence-corrected chi connectivity index (χ0v) is 13.8. The lowest BCUT2D eigenvalue weighted by Gasteiger charge is -2.46. The molecule has 1 saturated heterocycles. The highest BCUT2D eigenvalue weighted by atomic mass is 16.2. The molecule has 1 N–H and O–H groups in total. The Balaban J connectivity index is 2.95. The van der Waals surface area contributed by atoms with Crippen LogP contribution >= 0.6 is 0 Å². The van der Waals surface area contributed by atoms with E-state index < -0.39 is 5.54 Å². The summed E-state index contributed by atoms with van der Waals surface area (Å²) in [5.74, 6) is 0.635. The Labute approximate surface area is 123 Å². The molecule has 3 unspecified atom stereocenters. The molecule has 0 aromatic carbocycles. The first-order valence-electron chi connectivity index (χ1n) is 7.88. The Hall–Kier alpha value is -1.06. The van der Waals surface area contributed by atoms with E-state index in [1.54, 1.807) is 4.90 Å². The number of hydrogen-bond acceptors (Lipinski definition) is 2. The summed E-state index contributed by atoms with van der Waals surface area (Å²) < 4.78 is 0. The average molecular weight is 282 g/mol. The predicted octanol–water partition coefficient (Wildman–Crippen LogP) is 2.57. The quantitative estimate of drug-likeness (QED) is 0.814. The number of carbonyl (C=O) groups excluding carboxylic acids is 2. The minimum atomic E-state index is -0.747. The van der Waals surface area contributed by atoms with Gasteiger partial charge in [-0.2, -0.15) is 0 Å². The van der Waals surface area contributed by atoms with Crippen LogP contribution in [0.2, 0.25) is 0 Å². The Bertz CT molecular complexity index is 365. The first-order valence-corrected chi connectivity index (χ1v) is 7.88. The van der Waals surface area contributed by atoms with Gasteiger partial charge in [0, 0.05) is 6.54 Å². The van der Waals surface area contributed by atoms with Gasteiger partial charge in [0.1, 0.15) is 11.6 Å². The Kier molecular flexibility index (Phi) is 5.60. The number of carbonyl (C=O) groups is 2. The van der Waals surface area contributed by atoms with Gasteiger partial charge < -0.3 is 10.2 Å². The third kappa shape index (κ3) is 3.33. The van der Waals surface area contributed by atoms with E-state index in [1.165, 1.54) is 0 Å². The first kappa shape index (κ1) is 17.0. The minimum Gasteiger partial charge on any atom is -0.342 e. The molecule has 0 bridgehead atoms. The summed E-state index contributed by atoms with van der Waals surface area (Å²) in [5, 5.41) is 2.91. The van der Waals surface area contributed by atoms with Gasteiger partial charge >= 0.3 is 0 Å². The van der Waals surface area contributed by atoms with E-state index in [2.05, 4.69) is 19.2 Å². The topological polar surface area (TPSA) is 49.4 Å². The van der Waals surface area contributed by atoms with Crippen LogP contribution in [0.1, 0.15) is 60.8 Å². The SMILES string of the molecule is CCCC(C)CN1C(=O)C(C(C)CC)NC(=O)C1(C)C. The van der Waals surface area contributed by atoms with Crippen molar-refractivity contribution in [3.8, 4) is 0 Å². The van der Waals surface area contributed by atoms with Gasteiger partial charge in [0.15, 0.2) is 0 Å². The Morgan fingerprint density at radius 1 is 1.25 bits per heavy atom. The van der Waals surface area contributed by atoms with Crippen molar-refractivity contribution in [3.05, 3.63) is 0 Å². The third-order valence-electron chi connectivity index (χ3n) is 4.54. The lowest BCUT2D eigenvalue weighted by Crippen LogP contribution is -2.70. The van der Waals surface area contributed by atoms with Crippen LogP contribution in [-0.2, 0) is 9.59 Å². The third-order valence-corrected chi connectivity index (χ3v) is 4.54. The predicted molar refractivity (Wildman–Crippen MR) is 81.2 cm³/mol. The fraction of sp³-hybridized carbons (Fsp3) is 0.875. The Morgan fingerprint density at radius 3 is 2.35 bits per heavy atom. The van der Waals surface area contributed by atoms with Crippen LogP contribution in [0, 0.1) is 11.8 Å². The lowest BCUT2D eigenvalue weighted by atomic mass is 9.88. The van der Waals surface area contributed by atoms with Gasteiger partial charge in [-0.25, -0.2) is 0 Å². The molecule has 0 aromatic heterocycles. The molecule has 0 aliphatic carbocycles. The van der Waals surface area contributed by atoms with Crippen molar-refractivity contribution < 1.29 is 9.59 Å². The standard InChI is InChI=1S/C16H30N2O2/c1-7-9-11(3)10-18-14(19)13(12(4)8-2)17-15(20)16(18,5)6/h11-13H,7-10H2,1-6H3,(H,17,20). The van der Waals surface area contributed by atoms with Crippen LogP contribution in [0.25, 0.3) is 0 Å². The second-order valence-electron chi connectivity index (χ2n) is 6.74.